The van der Waals surface area contributed by atoms with Crippen molar-refractivity contribution in [2.45, 2.75) is 130 Å². The Bertz CT molecular complexity index is 478. The third kappa shape index (κ3) is 13.3. The van der Waals surface area contributed by atoms with Gasteiger partial charge in [-0.2, -0.15) is 0 Å². The zero-order valence-corrected chi connectivity index (χ0v) is 22.8. The van der Waals surface area contributed by atoms with Crippen molar-refractivity contribution >= 4 is 20.0 Å². The van der Waals surface area contributed by atoms with Gasteiger partial charge in [0.2, 0.25) is 0 Å². The first-order valence-corrected chi connectivity index (χ1v) is 16.4. The van der Waals surface area contributed by atoms with E-state index in [0.717, 1.165) is 57.4 Å². The molecule has 0 amide bonds. The summed E-state index contributed by atoms with van der Waals surface area (Å²) >= 11 is 0. The Morgan fingerprint density at radius 2 is 1.23 bits per heavy atom. The largest absolute Gasteiger partial charge is 0.465 e. The first-order chi connectivity index (χ1) is 14.7. The maximum atomic E-state index is 13.1. The van der Waals surface area contributed by atoms with Crippen molar-refractivity contribution in [3.8, 4) is 0 Å². The number of carbonyl (C=O) groups is 2. The maximum Gasteiger partial charge on any atom is 0.306 e. The van der Waals surface area contributed by atoms with E-state index in [1.807, 2.05) is 0 Å². The monoisotopic (exact) mass is 456 g/mol. The van der Waals surface area contributed by atoms with E-state index in [2.05, 4.69) is 47.7 Å². The van der Waals surface area contributed by atoms with Gasteiger partial charge in [0.25, 0.3) is 0 Å². The molecule has 0 radical (unpaired) electrons. The molecular weight excluding hydrogens is 404 g/mol. The van der Waals surface area contributed by atoms with E-state index in [1.165, 1.54) is 12.8 Å². The molecule has 31 heavy (non-hydrogen) atoms. The third-order valence-corrected chi connectivity index (χ3v) is 10.8. The molecule has 5 heteroatoms. The zero-order valence-electron chi connectivity index (χ0n) is 21.8. The number of hydrogen-bond acceptors (Lipinski definition) is 4. The van der Waals surface area contributed by atoms with Gasteiger partial charge in [0, 0.05) is 0 Å². The van der Waals surface area contributed by atoms with Gasteiger partial charge >= 0.3 is 11.9 Å². The van der Waals surface area contributed by atoms with Crippen LogP contribution in [0.1, 0.15) is 105 Å². The highest BCUT2D eigenvalue weighted by Gasteiger charge is 2.39. The minimum absolute atomic E-state index is 0.169. The molecule has 0 aromatic heterocycles. The molecule has 0 heterocycles. The van der Waals surface area contributed by atoms with Crippen molar-refractivity contribution < 1.29 is 19.1 Å². The van der Waals surface area contributed by atoms with Crippen LogP contribution in [0.25, 0.3) is 0 Å². The molecule has 0 aliphatic heterocycles. The summed E-state index contributed by atoms with van der Waals surface area (Å²) < 4.78 is 11.5. The second kappa shape index (κ2) is 17.7. The lowest BCUT2D eigenvalue weighted by atomic mass is 10.0. The van der Waals surface area contributed by atoms with Crippen LogP contribution in [0.3, 0.4) is 0 Å². The molecular formula is C26H52O4Si. The van der Waals surface area contributed by atoms with Gasteiger partial charge in [-0.05, 0) is 24.7 Å². The molecule has 0 spiro atoms. The van der Waals surface area contributed by atoms with Crippen LogP contribution >= 0.6 is 0 Å². The van der Waals surface area contributed by atoms with Crippen molar-refractivity contribution in [3.05, 3.63) is 0 Å². The fraction of sp³-hybridized carbons (Fsp3) is 0.923. The molecule has 3 unspecified atom stereocenters. The molecule has 0 aliphatic carbocycles. The summed E-state index contributed by atoms with van der Waals surface area (Å²) in [5, 5.41) is 0. The van der Waals surface area contributed by atoms with E-state index >= 15 is 0 Å². The highest BCUT2D eigenvalue weighted by atomic mass is 28.3. The first-order valence-electron chi connectivity index (χ1n) is 13.1. The van der Waals surface area contributed by atoms with Gasteiger partial charge in [-0.1, -0.05) is 105 Å². The molecule has 0 aromatic rings. The average Bonchev–Trinajstić information content (AvgIpc) is 2.76. The van der Waals surface area contributed by atoms with Crippen LogP contribution in [0.15, 0.2) is 0 Å². The van der Waals surface area contributed by atoms with Crippen LogP contribution in [-0.4, -0.2) is 33.2 Å². The molecule has 0 N–H and O–H groups in total. The van der Waals surface area contributed by atoms with Crippen LogP contribution in [-0.2, 0) is 19.1 Å². The highest BCUT2D eigenvalue weighted by Crippen LogP contribution is 2.33. The lowest BCUT2D eigenvalue weighted by Gasteiger charge is -2.31. The summed E-state index contributed by atoms with van der Waals surface area (Å²) in [6, 6.07) is 1.04. The first kappa shape index (κ1) is 30.2. The quantitative estimate of drug-likeness (QED) is 0.147. The van der Waals surface area contributed by atoms with Crippen molar-refractivity contribution in [2.24, 2.45) is 11.8 Å². The van der Waals surface area contributed by atoms with Crippen molar-refractivity contribution in [3.63, 3.8) is 0 Å². The molecule has 0 saturated heterocycles. The summed E-state index contributed by atoms with van der Waals surface area (Å²) in [6.45, 7) is 16.3. The van der Waals surface area contributed by atoms with E-state index in [0.29, 0.717) is 25.0 Å². The summed E-state index contributed by atoms with van der Waals surface area (Å²) in [7, 11) is -1.95. The fourth-order valence-corrected chi connectivity index (χ4v) is 7.07. The Morgan fingerprint density at radius 3 is 1.68 bits per heavy atom. The molecule has 184 valence electrons. The van der Waals surface area contributed by atoms with Gasteiger partial charge in [0.1, 0.15) is 0 Å². The number of ether oxygens (including phenoxy) is 2. The van der Waals surface area contributed by atoms with E-state index in [-0.39, 0.29) is 23.9 Å². The van der Waals surface area contributed by atoms with Gasteiger partial charge in [0.05, 0.1) is 33.2 Å². The number of rotatable bonds is 19. The summed E-state index contributed by atoms with van der Waals surface area (Å²) in [5.74, 6) is 0.439. The van der Waals surface area contributed by atoms with Gasteiger partial charge in [-0.15, -0.1) is 0 Å². The normalized spacial score (nSPS) is 14.7. The Hall–Kier alpha value is -0.843. The SMILES string of the molecule is CCCCC(CC)COC(=O)CC(C(=O)OCC(CC)CCCC)[Si](C)(C)CCCC. The molecule has 0 aromatic carbocycles. The smallest absolute Gasteiger partial charge is 0.306 e. The van der Waals surface area contributed by atoms with Gasteiger partial charge in [-0.3, -0.25) is 9.59 Å². The maximum absolute atomic E-state index is 13.1. The van der Waals surface area contributed by atoms with E-state index in [9.17, 15) is 9.59 Å². The van der Waals surface area contributed by atoms with Gasteiger partial charge in [-0.25, -0.2) is 0 Å². The molecule has 0 fully saturated rings. The van der Waals surface area contributed by atoms with Crippen molar-refractivity contribution in [1.29, 1.82) is 0 Å². The molecule has 0 aliphatic rings. The van der Waals surface area contributed by atoms with Crippen LogP contribution in [0, 0.1) is 11.8 Å². The summed E-state index contributed by atoms with van der Waals surface area (Å²) in [5.41, 5.74) is -0.314. The minimum Gasteiger partial charge on any atom is -0.465 e. The molecule has 0 rings (SSSR count). The average molecular weight is 457 g/mol. The lowest BCUT2D eigenvalue weighted by Crippen LogP contribution is -2.40. The minimum atomic E-state index is -1.95. The van der Waals surface area contributed by atoms with Crippen LogP contribution in [0.4, 0.5) is 0 Å². The topological polar surface area (TPSA) is 52.6 Å². The van der Waals surface area contributed by atoms with Gasteiger partial charge < -0.3 is 9.47 Å². The zero-order chi connectivity index (χ0) is 23.7. The molecule has 0 bridgehead atoms. The predicted molar refractivity (Wildman–Crippen MR) is 134 cm³/mol. The third-order valence-electron chi connectivity index (χ3n) is 6.80. The second-order valence-corrected chi connectivity index (χ2v) is 15.2. The number of carbonyl (C=O) groups excluding carboxylic acids is 2. The van der Waals surface area contributed by atoms with E-state index < -0.39 is 8.07 Å². The van der Waals surface area contributed by atoms with Crippen molar-refractivity contribution in [1.82, 2.24) is 0 Å². The van der Waals surface area contributed by atoms with Crippen LogP contribution < -0.4 is 0 Å². The Balaban J connectivity index is 5.04. The Morgan fingerprint density at radius 1 is 0.742 bits per heavy atom. The summed E-state index contributed by atoms with van der Waals surface area (Å²) in [6.07, 6.45) is 11.3. The lowest BCUT2D eigenvalue weighted by molar-refractivity contribution is -0.152. The number of hydrogen-bond donors (Lipinski definition) is 0. The van der Waals surface area contributed by atoms with Crippen molar-refractivity contribution in [2.75, 3.05) is 13.2 Å². The standard InChI is InChI=1S/C26H52O4Si/c1-8-13-16-22(11-4)20-29-25(27)19-24(31(6,7)18-15-10-3)26(28)30-21-23(12-5)17-14-9-2/h22-24H,8-21H2,1-7H3. The molecule has 0 saturated carbocycles. The van der Waals surface area contributed by atoms with Crippen LogP contribution in [0.5, 0.6) is 0 Å². The highest BCUT2D eigenvalue weighted by molar-refractivity contribution is 6.81. The number of esters is 2. The van der Waals surface area contributed by atoms with Crippen LogP contribution in [0.2, 0.25) is 24.7 Å². The molecule has 3 atom stereocenters. The van der Waals surface area contributed by atoms with E-state index in [1.54, 1.807) is 0 Å². The number of unbranched alkanes of at least 4 members (excludes halogenated alkanes) is 3. The second-order valence-electron chi connectivity index (χ2n) is 9.99. The van der Waals surface area contributed by atoms with E-state index in [4.69, 9.17) is 9.47 Å². The Labute approximate surface area is 194 Å². The fourth-order valence-electron chi connectivity index (χ4n) is 4.02. The van der Waals surface area contributed by atoms with Gasteiger partial charge in [0.15, 0.2) is 0 Å². The summed E-state index contributed by atoms with van der Waals surface area (Å²) in [4.78, 5) is 25.8. The Kier molecular flexibility index (Phi) is 17.2. The predicted octanol–water partition coefficient (Wildman–Crippen LogP) is 7.77. The molecule has 4 nitrogen and oxygen atoms in total.